The van der Waals surface area contributed by atoms with Crippen LogP contribution in [0, 0.1) is 6.92 Å². The second-order valence-electron chi connectivity index (χ2n) is 9.55. The lowest BCUT2D eigenvalue weighted by molar-refractivity contribution is 0.242. The molecule has 2 aliphatic heterocycles. The largest absolute Gasteiger partial charge is 0.356 e. The standard InChI is InChI=1S/C28H31N7/c1-21-25(28(34-14-6-3-7-15-34)35(32-21)24-10-4-2-5-11-24)20-33-16-12-26-23(19-33)18-30-27(31-26)22-9-8-13-29-17-22/h2,4-5,8-11,13,17-18H,3,6-7,12,14-16,19-20H2,1H3. The van der Waals surface area contributed by atoms with E-state index in [9.17, 15) is 0 Å². The van der Waals surface area contributed by atoms with E-state index in [1.54, 1.807) is 6.20 Å². The van der Waals surface area contributed by atoms with Crippen LogP contribution in [0.15, 0.2) is 61.1 Å². The van der Waals surface area contributed by atoms with E-state index in [1.807, 2.05) is 24.5 Å². The summed E-state index contributed by atoms with van der Waals surface area (Å²) in [6, 6.07) is 14.5. The fourth-order valence-electron chi connectivity index (χ4n) is 5.28. The monoisotopic (exact) mass is 465 g/mol. The van der Waals surface area contributed by atoms with Crippen LogP contribution in [0.3, 0.4) is 0 Å². The summed E-state index contributed by atoms with van der Waals surface area (Å²) < 4.78 is 2.16. The maximum atomic E-state index is 5.03. The number of pyridine rings is 1. The first-order chi connectivity index (χ1) is 17.3. The van der Waals surface area contributed by atoms with Crippen molar-refractivity contribution in [3.05, 3.63) is 83.6 Å². The number of aromatic nitrogens is 5. The maximum Gasteiger partial charge on any atom is 0.160 e. The quantitative estimate of drug-likeness (QED) is 0.430. The third-order valence-corrected chi connectivity index (χ3v) is 7.13. The molecule has 35 heavy (non-hydrogen) atoms. The van der Waals surface area contributed by atoms with Crippen LogP contribution in [0.5, 0.6) is 0 Å². The third kappa shape index (κ3) is 4.44. The maximum absolute atomic E-state index is 5.03. The van der Waals surface area contributed by atoms with Gasteiger partial charge in [0.15, 0.2) is 5.82 Å². The van der Waals surface area contributed by atoms with Crippen molar-refractivity contribution >= 4 is 5.82 Å². The Balaban J connectivity index is 1.28. The minimum atomic E-state index is 0.762. The van der Waals surface area contributed by atoms with Crippen LogP contribution < -0.4 is 4.90 Å². The number of anilines is 1. The number of nitrogens with zero attached hydrogens (tertiary/aromatic N) is 7. The van der Waals surface area contributed by atoms with Crippen LogP contribution in [-0.4, -0.2) is 49.3 Å². The number of rotatable bonds is 5. The van der Waals surface area contributed by atoms with Crippen molar-refractivity contribution in [1.82, 2.24) is 29.6 Å². The van der Waals surface area contributed by atoms with Crippen molar-refractivity contribution in [2.45, 2.75) is 45.7 Å². The van der Waals surface area contributed by atoms with Crippen molar-refractivity contribution in [1.29, 1.82) is 0 Å². The molecule has 7 heteroatoms. The zero-order valence-corrected chi connectivity index (χ0v) is 20.3. The molecule has 6 rings (SSSR count). The molecule has 0 bridgehead atoms. The van der Waals surface area contributed by atoms with Crippen molar-refractivity contribution in [3.8, 4) is 17.1 Å². The van der Waals surface area contributed by atoms with Crippen molar-refractivity contribution in [3.63, 3.8) is 0 Å². The highest BCUT2D eigenvalue weighted by Gasteiger charge is 2.26. The molecular weight excluding hydrogens is 434 g/mol. The summed E-state index contributed by atoms with van der Waals surface area (Å²) >= 11 is 0. The van der Waals surface area contributed by atoms with Crippen LogP contribution in [0.4, 0.5) is 5.82 Å². The van der Waals surface area contributed by atoms with Gasteiger partial charge in [0.05, 0.1) is 17.1 Å². The number of aryl methyl sites for hydroxylation is 1. The first-order valence-electron chi connectivity index (χ1n) is 12.6. The van der Waals surface area contributed by atoms with E-state index in [4.69, 9.17) is 10.1 Å². The van der Waals surface area contributed by atoms with Gasteiger partial charge in [0, 0.05) is 74.4 Å². The van der Waals surface area contributed by atoms with E-state index >= 15 is 0 Å². The van der Waals surface area contributed by atoms with E-state index in [0.717, 1.165) is 67.6 Å². The van der Waals surface area contributed by atoms with Crippen molar-refractivity contribution in [2.24, 2.45) is 0 Å². The molecule has 2 aliphatic rings. The second kappa shape index (κ2) is 9.58. The van der Waals surface area contributed by atoms with Gasteiger partial charge in [-0.3, -0.25) is 9.88 Å². The van der Waals surface area contributed by atoms with Gasteiger partial charge >= 0.3 is 0 Å². The van der Waals surface area contributed by atoms with Crippen LogP contribution in [0.1, 0.15) is 41.8 Å². The molecule has 4 aromatic rings. The SMILES string of the molecule is Cc1nn(-c2ccccc2)c(N2CCCCC2)c1CN1CCc2nc(-c3cccnc3)ncc2C1. The minimum absolute atomic E-state index is 0.762. The van der Waals surface area contributed by atoms with Gasteiger partial charge in [-0.05, 0) is 50.5 Å². The van der Waals surface area contributed by atoms with Gasteiger partial charge in [0.25, 0.3) is 0 Å². The Morgan fingerprint density at radius 2 is 1.77 bits per heavy atom. The zero-order valence-electron chi connectivity index (χ0n) is 20.3. The predicted octanol–water partition coefficient (Wildman–Crippen LogP) is 4.58. The summed E-state index contributed by atoms with van der Waals surface area (Å²) in [5.74, 6) is 2.03. The Morgan fingerprint density at radius 3 is 2.57 bits per heavy atom. The molecule has 1 saturated heterocycles. The molecule has 0 N–H and O–H groups in total. The normalized spacial score (nSPS) is 16.3. The van der Waals surface area contributed by atoms with Gasteiger partial charge in [-0.25, -0.2) is 14.6 Å². The van der Waals surface area contributed by atoms with Gasteiger partial charge in [-0.1, -0.05) is 18.2 Å². The highest BCUT2D eigenvalue weighted by Crippen LogP contribution is 2.32. The Bertz CT molecular complexity index is 1290. The lowest BCUT2D eigenvalue weighted by atomic mass is 10.1. The molecule has 7 nitrogen and oxygen atoms in total. The molecule has 0 aliphatic carbocycles. The summed E-state index contributed by atoms with van der Waals surface area (Å²) in [5, 5.41) is 5.03. The molecular formula is C28H31N7. The second-order valence-corrected chi connectivity index (χ2v) is 9.55. The summed E-state index contributed by atoms with van der Waals surface area (Å²) in [5.41, 5.74) is 6.92. The number of para-hydroxylation sites is 1. The Labute approximate surface area is 206 Å². The first-order valence-corrected chi connectivity index (χ1v) is 12.6. The number of hydrogen-bond acceptors (Lipinski definition) is 6. The lowest BCUT2D eigenvalue weighted by Gasteiger charge is -2.32. The number of fused-ring (bicyclic) bond motifs is 1. The molecule has 0 unspecified atom stereocenters. The first kappa shape index (κ1) is 21.9. The highest BCUT2D eigenvalue weighted by molar-refractivity contribution is 5.56. The Kier molecular flexibility index (Phi) is 6.00. The van der Waals surface area contributed by atoms with Gasteiger partial charge in [-0.15, -0.1) is 0 Å². The van der Waals surface area contributed by atoms with Crippen molar-refractivity contribution in [2.75, 3.05) is 24.5 Å². The average molecular weight is 466 g/mol. The molecule has 178 valence electrons. The summed E-state index contributed by atoms with van der Waals surface area (Å²) in [6.45, 7) is 7.07. The van der Waals surface area contributed by atoms with Crippen LogP contribution >= 0.6 is 0 Å². The summed E-state index contributed by atoms with van der Waals surface area (Å²) in [6.07, 6.45) is 10.3. The summed E-state index contributed by atoms with van der Waals surface area (Å²) in [4.78, 5) is 18.8. The van der Waals surface area contributed by atoms with E-state index < -0.39 is 0 Å². The smallest absolute Gasteiger partial charge is 0.160 e. The topological polar surface area (TPSA) is 63.0 Å². The molecule has 5 heterocycles. The van der Waals surface area contributed by atoms with Crippen LogP contribution in [0.2, 0.25) is 0 Å². The molecule has 0 saturated carbocycles. The predicted molar refractivity (Wildman–Crippen MR) is 137 cm³/mol. The lowest BCUT2D eigenvalue weighted by Crippen LogP contribution is -2.34. The van der Waals surface area contributed by atoms with Crippen LogP contribution in [-0.2, 0) is 19.5 Å². The summed E-state index contributed by atoms with van der Waals surface area (Å²) in [7, 11) is 0. The molecule has 0 atom stereocenters. The fourth-order valence-corrected chi connectivity index (χ4v) is 5.28. The van der Waals surface area contributed by atoms with Gasteiger partial charge in [-0.2, -0.15) is 5.10 Å². The molecule has 3 aromatic heterocycles. The molecule has 0 spiro atoms. The van der Waals surface area contributed by atoms with Gasteiger partial charge in [0.1, 0.15) is 5.82 Å². The number of piperidine rings is 1. The zero-order chi connectivity index (χ0) is 23.6. The fraction of sp³-hybridized carbons (Fsp3) is 0.357. The highest BCUT2D eigenvalue weighted by atomic mass is 15.4. The average Bonchev–Trinajstić information content (AvgIpc) is 3.25. The van der Waals surface area contributed by atoms with Crippen LogP contribution in [0.25, 0.3) is 17.1 Å². The van der Waals surface area contributed by atoms with Gasteiger partial charge < -0.3 is 4.90 Å². The van der Waals surface area contributed by atoms with E-state index in [-0.39, 0.29) is 0 Å². The van der Waals surface area contributed by atoms with E-state index in [2.05, 4.69) is 61.7 Å². The Morgan fingerprint density at radius 1 is 0.914 bits per heavy atom. The van der Waals surface area contributed by atoms with Gasteiger partial charge in [0.2, 0.25) is 0 Å². The number of hydrogen-bond donors (Lipinski definition) is 0. The third-order valence-electron chi connectivity index (χ3n) is 7.13. The molecule has 0 amide bonds. The Hall–Kier alpha value is -3.58. The van der Waals surface area contributed by atoms with E-state index in [0.29, 0.717) is 0 Å². The molecule has 0 radical (unpaired) electrons. The molecule has 1 fully saturated rings. The van der Waals surface area contributed by atoms with Crippen molar-refractivity contribution < 1.29 is 0 Å². The number of benzene rings is 1. The minimum Gasteiger partial charge on any atom is -0.356 e. The van der Waals surface area contributed by atoms with E-state index in [1.165, 1.54) is 36.2 Å². The molecule has 1 aromatic carbocycles.